The lowest BCUT2D eigenvalue weighted by molar-refractivity contribution is 0.0624. The number of nitrogens with zero attached hydrogens (tertiary/aromatic N) is 1. The Hall–Kier alpha value is -1.74. The molecule has 2 aliphatic rings. The number of nitrogens with one attached hydrogen (secondary N) is 1. The molecule has 3 heterocycles. The van der Waals surface area contributed by atoms with Crippen LogP contribution in [-0.4, -0.2) is 44.4 Å². The average molecular weight is 407 g/mol. The number of hydrogen-bond donors (Lipinski definition) is 1. The lowest BCUT2D eigenvalue weighted by Gasteiger charge is -2.28. The van der Waals surface area contributed by atoms with Crippen molar-refractivity contribution in [3.8, 4) is 0 Å². The smallest absolute Gasteiger partial charge is 0.263 e. The molecule has 2 aliphatic heterocycles. The topological polar surface area (TPSA) is 75.7 Å². The number of hydrogen-bond acceptors (Lipinski definition) is 5. The number of sulfonamides is 1. The summed E-state index contributed by atoms with van der Waals surface area (Å²) in [5.41, 5.74) is 2.21. The van der Waals surface area contributed by atoms with E-state index in [2.05, 4.69) is 5.32 Å². The first-order valence-electron chi connectivity index (χ1n) is 9.09. The van der Waals surface area contributed by atoms with Crippen molar-refractivity contribution < 1.29 is 17.9 Å². The first-order valence-corrected chi connectivity index (χ1v) is 11.4. The molecule has 1 aromatic carbocycles. The molecule has 0 spiro atoms. The summed E-state index contributed by atoms with van der Waals surface area (Å²) in [6.07, 6.45) is 2.43. The number of rotatable bonds is 4. The van der Waals surface area contributed by atoms with Gasteiger partial charge in [-0.25, -0.2) is 8.42 Å². The SMILES string of the molecule is O=C(NC1CCCOC1)c1sccc1S(=O)(=O)N1CCc2ccccc2C1. The zero-order valence-electron chi connectivity index (χ0n) is 14.9. The Morgan fingerprint density at radius 1 is 1.22 bits per heavy atom. The van der Waals surface area contributed by atoms with Gasteiger partial charge in [0.1, 0.15) is 9.77 Å². The highest BCUT2D eigenvalue weighted by Gasteiger charge is 2.33. The quantitative estimate of drug-likeness (QED) is 0.846. The Labute approximate surface area is 163 Å². The van der Waals surface area contributed by atoms with Crippen LogP contribution in [0.5, 0.6) is 0 Å². The highest BCUT2D eigenvalue weighted by Crippen LogP contribution is 2.29. The van der Waals surface area contributed by atoms with Crippen molar-refractivity contribution in [3.63, 3.8) is 0 Å². The van der Waals surface area contributed by atoms with E-state index in [4.69, 9.17) is 4.74 Å². The molecule has 1 fully saturated rings. The molecule has 1 aromatic heterocycles. The molecule has 1 unspecified atom stereocenters. The Bertz CT molecular complexity index is 933. The monoisotopic (exact) mass is 406 g/mol. The van der Waals surface area contributed by atoms with Gasteiger partial charge >= 0.3 is 0 Å². The minimum Gasteiger partial charge on any atom is -0.379 e. The van der Waals surface area contributed by atoms with Crippen LogP contribution in [0.15, 0.2) is 40.6 Å². The third-order valence-electron chi connectivity index (χ3n) is 5.04. The van der Waals surface area contributed by atoms with Crippen molar-refractivity contribution >= 4 is 27.3 Å². The fourth-order valence-corrected chi connectivity index (χ4v) is 6.31. The summed E-state index contributed by atoms with van der Waals surface area (Å²) in [6, 6.07) is 9.36. The fraction of sp³-hybridized carbons (Fsp3) is 0.421. The van der Waals surface area contributed by atoms with E-state index in [0.29, 0.717) is 32.7 Å². The number of carbonyl (C=O) groups excluding carboxylic acids is 1. The van der Waals surface area contributed by atoms with Gasteiger partial charge in [0.05, 0.1) is 12.6 Å². The molecule has 0 bridgehead atoms. The molecule has 6 nitrogen and oxygen atoms in total. The van der Waals surface area contributed by atoms with Crippen LogP contribution in [0.2, 0.25) is 0 Å². The minimum atomic E-state index is -3.73. The van der Waals surface area contributed by atoms with Crippen LogP contribution in [0.3, 0.4) is 0 Å². The zero-order chi connectivity index (χ0) is 18.9. The second kappa shape index (κ2) is 7.71. The lowest BCUT2D eigenvalue weighted by atomic mass is 10.0. The van der Waals surface area contributed by atoms with Crippen molar-refractivity contribution in [1.82, 2.24) is 9.62 Å². The summed E-state index contributed by atoms with van der Waals surface area (Å²) in [5.74, 6) is -0.337. The first-order chi connectivity index (χ1) is 13.1. The van der Waals surface area contributed by atoms with Gasteiger partial charge in [0.15, 0.2) is 0 Å². The number of carbonyl (C=O) groups is 1. The van der Waals surface area contributed by atoms with Gasteiger partial charge in [-0.05, 0) is 41.8 Å². The molecule has 1 N–H and O–H groups in total. The van der Waals surface area contributed by atoms with Gasteiger partial charge in [-0.15, -0.1) is 11.3 Å². The molecule has 8 heteroatoms. The van der Waals surface area contributed by atoms with Gasteiger partial charge in [0, 0.05) is 19.7 Å². The van der Waals surface area contributed by atoms with E-state index in [0.717, 1.165) is 29.7 Å². The van der Waals surface area contributed by atoms with Crippen LogP contribution in [0, 0.1) is 0 Å². The fourth-order valence-electron chi connectivity index (χ4n) is 3.59. The molecule has 0 saturated carbocycles. The second-order valence-corrected chi connectivity index (χ2v) is 9.68. The van der Waals surface area contributed by atoms with E-state index in [1.54, 1.807) is 5.38 Å². The maximum absolute atomic E-state index is 13.2. The van der Waals surface area contributed by atoms with Crippen molar-refractivity contribution in [2.45, 2.75) is 36.7 Å². The summed E-state index contributed by atoms with van der Waals surface area (Å²) >= 11 is 1.16. The molecule has 144 valence electrons. The summed E-state index contributed by atoms with van der Waals surface area (Å²) in [6.45, 7) is 1.95. The maximum Gasteiger partial charge on any atom is 0.263 e. The van der Waals surface area contributed by atoms with E-state index in [1.165, 1.54) is 15.9 Å². The highest BCUT2D eigenvalue weighted by molar-refractivity contribution is 7.89. The highest BCUT2D eigenvalue weighted by atomic mass is 32.2. The summed E-state index contributed by atoms with van der Waals surface area (Å²) in [4.78, 5) is 13.0. The van der Waals surface area contributed by atoms with Crippen LogP contribution in [-0.2, 0) is 27.7 Å². The van der Waals surface area contributed by atoms with Gasteiger partial charge in [-0.3, -0.25) is 4.79 Å². The van der Waals surface area contributed by atoms with E-state index in [1.807, 2.05) is 24.3 Å². The van der Waals surface area contributed by atoms with Crippen molar-refractivity contribution in [3.05, 3.63) is 51.7 Å². The van der Waals surface area contributed by atoms with E-state index in [-0.39, 0.29) is 21.7 Å². The summed E-state index contributed by atoms with van der Waals surface area (Å²) in [7, 11) is -3.73. The minimum absolute atomic E-state index is 0.0641. The standard InChI is InChI=1S/C19H22N2O4S2/c22-19(20-16-6-3-10-25-13-16)18-17(8-11-26-18)27(23,24)21-9-7-14-4-1-2-5-15(14)12-21/h1-2,4-5,8,11,16H,3,6-7,9-10,12-13H2,(H,20,22). The largest absolute Gasteiger partial charge is 0.379 e. The molecule has 27 heavy (non-hydrogen) atoms. The molecular formula is C19H22N2O4S2. The van der Waals surface area contributed by atoms with Crippen molar-refractivity contribution in [2.24, 2.45) is 0 Å². The molecular weight excluding hydrogens is 384 g/mol. The predicted octanol–water partition coefficient (Wildman–Crippen LogP) is 2.40. The zero-order valence-corrected chi connectivity index (χ0v) is 16.5. The average Bonchev–Trinajstić information content (AvgIpc) is 3.19. The molecule has 0 radical (unpaired) electrons. The molecule has 1 amide bonds. The number of ether oxygens (including phenoxy) is 1. The van der Waals surface area contributed by atoms with E-state index in [9.17, 15) is 13.2 Å². The molecule has 4 rings (SSSR count). The van der Waals surface area contributed by atoms with Crippen LogP contribution >= 0.6 is 11.3 Å². The first kappa shape index (κ1) is 18.6. The Kier molecular flexibility index (Phi) is 5.32. The van der Waals surface area contributed by atoms with Gasteiger partial charge < -0.3 is 10.1 Å². The Morgan fingerprint density at radius 2 is 2.04 bits per heavy atom. The molecule has 2 aromatic rings. The number of thiophene rings is 1. The van der Waals surface area contributed by atoms with Gasteiger partial charge in [0.2, 0.25) is 10.0 Å². The molecule has 0 aliphatic carbocycles. The van der Waals surface area contributed by atoms with Crippen LogP contribution < -0.4 is 5.32 Å². The third kappa shape index (κ3) is 3.80. The molecule has 1 saturated heterocycles. The number of fused-ring (bicyclic) bond motifs is 1. The summed E-state index contributed by atoms with van der Waals surface area (Å²) in [5, 5.41) is 4.58. The normalized spacial score (nSPS) is 20.8. The van der Waals surface area contributed by atoms with Crippen molar-refractivity contribution in [2.75, 3.05) is 19.8 Å². The van der Waals surface area contributed by atoms with Gasteiger partial charge in [-0.2, -0.15) is 4.31 Å². The van der Waals surface area contributed by atoms with E-state index < -0.39 is 10.0 Å². The van der Waals surface area contributed by atoms with Crippen LogP contribution in [0.1, 0.15) is 33.6 Å². The Balaban J connectivity index is 1.55. The summed E-state index contributed by atoms with van der Waals surface area (Å²) < 4.78 is 33.3. The molecule has 1 atom stereocenters. The van der Waals surface area contributed by atoms with Crippen molar-refractivity contribution in [1.29, 1.82) is 0 Å². The van der Waals surface area contributed by atoms with Crippen LogP contribution in [0.25, 0.3) is 0 Å². The number of amides is 1. The Morgan fingerprint density at radius 3 is 2.81 bits per heavy atom. The third-order valence-corrected chi connectivity index (χ3v) is 7.97. The van der Waals surface area contributed by atoms with Gasteiger partial charge in [-0.1, -0.05) is 24.3 Å². The maximum atomic E-state index is 13.2. The van der Waals surface area contributed by atoms with E-state index >= 15 is 0 Å². The number of benzene rings is 1. The lowest BCUT2D eigenvalue weighted by Crippen LogP contribution is -2.41. The van der Waals surface area contributed by atoms with Gasteiger partial charge in [0.25, 0.3) is 5.91 Å². The predicted molar refractivity (Wildman–Crippen MR) is 103 cm³/mol. The van der Waals surface area contributed by atoms with Crippen LogP contribution in [0.4, 0.5) is 0 Å². The second-order valence-electron chi connectivity index (χ2n) is 6.86.